The molecule has 1 aliphatic rings. The van der Waals surface area contributed by atoms with Gasteiger partial charge in [-0.2, -0.15) is 13.2 Å². The molecular formula is C10H4BrF3N2O3. The van der Waals surface area contributed by atoms with Crippen LogP contribution in [0.3, 0.4) is 0 Å². The summed E-state index contributed by atoms with van der Waals surface area (Å²) in [7, 11) is 0. The molecule has 0 aliphatic carbocycles. The summed E-state index contributed by atoms with van der Waals surface area (Å²) in [4.78, 5) is 33.9. The molecule has 0 radical (unpaired) electrons. The van der Waals surface area contributed by atoms with Crippen LogP contribution in [0.1, 0.15) is 5.56 Å². The molecule has 2 rings (SSSR count). The average Bonchev–Trinajstić information content (AvgIpc) is 2.53. The van der Waals surface area contributed by atoms with E-state index < -0.39 is 35.3 Å². The topological polar surface area (TPSA) is 66.5 Å². The average molecular weight is 337 g/mol. The second-order valence-corrected chi connectivity index (χ2v) is 4.47. The van der Waals surface area contributed by atoms with Gasteiger partial charge in [0.2, 0.25) is 0 Å². The van der Waals surface area contributed by atoms with Crippen LogP contribution in [0.2, 0.25) is 0 Å². The number of carbonyl (C=O) groups is 3. The number of halogens is 4. The fraction of sp³-hybridized carbons (Fsp3) is 0.100. The number of anilines is 1. The van der Waals surface area contributed by atoms with Crippen molar-refractivity contribution < 1.29 is 27.6 Å². The number of carbonyl (C=O) groups excluding carboxylic acids is 3. The van der Waals surface area contributed by atoms with Gasteiger partial charge in [0.15, 0.2) is 0 Å². The van der Waals surface area contributed by atoms with Crippen LogP contribution < -0.4 is 10.2 Å². The molecule has 1 N–H and O–H groups in total. The van der Waals surface area contributed by atoms with E-state index in [4.69, 9.17) is 0 Å². The van der Waals surface area contributed by atoms with Gasteiger partial charge in [0.25, 0.3) is 0 Å². The molecule has 5 nitrogen and oxygen atoms in total. The minimum atomic E-state index is -4.77. The Balaban J connectivity index is 2.60. The predicted molar refractivity (Wildman–Crippen MR) is 60.2 cm³/mol. The van der Waals surface area contributed by atoms with E-state index in [1.54, 1.807) is 5.32 Å². The summed E-state index contributed by atoms with van der Waals surface area (Å²) in [6, 6.07) is 1.68. The van der Waals surface area contributed by atoms with Gasteiger partial charge in [-0.25, -0.2) is 9.69 Å². The number of hydrogen-bond donors (Lipinski definition) is 1. The Morgan fingerprint density at radius 1 is 1.16 bits per heavy atom. The zero-order valence-electron chi connectivity index (χ0n) is 8.92. The Bertz CT molecular complexity index is 600. The molecule has 0 unspecified atom stereocenters. The van der Waals surface area contributed by atoms with Gasteiger partial charge in [0, 0.05) is 4.47 Å². The summed E-state index contributed by atoms with van der Waals surface area (Å²) in [5, 5.41) is 1.63. The Morgan fingerprint density at radius 2 is 1.79 bits per heavy atom. The van der Waals surface area contributed by atoms with E-state index in [0.29, 0.717) is 0 Å². The third-order valence-electron chi connectivity index (χ3n) is 2.33. The summed E-state index contributed by atoms with van der Waals surface area (Å²) >= 11 is 2.87. The number of benzene rings is 1. The van der Waals surface area contributed by atoms with Crippen molar-refractivity contribution in [3.63, 3.8) is 0 Å². The summed E-state index contributed by atoms with van der Waals surface area (Å²) in [5.74, 6) is -2.61. The number of hydrogen-bond acceptors (Lipinski definition) is 3. The van der Waals surface area contributed by atoms with E-state index in [9.17, 15) is 27.6 Å². The monoisotopic (exact) mass is 336 g/mol. The number of nitrogens with zero attached hydrogens (tertiary/aromatic N) is 1. The number of alkyl halides is 3. The first-order valence-corrected chi connectivity index (χ1v) is 5.57. The standard InChI is InChI=1S/C10H4BrF3N2O3/c11-4-1-2-6(5(3-4)10(12,13)14)16-8(18)7(17)15-9(16)19/h1-3H,(H,15,17,19). The fourth-order valence-electron chi connectivity index (χ4n) is 1.55. The Hall–Kier alpha value is -1.90. The van der Waals surface area contributed by atoms with Crippen LogP contribution in [-0.2, 0) is 15.8 Å². The summed E-state index contributed by atoms with van der Waals surface area (Å²) in [6.07, 6.45) is -4.77. The smallest absolute Gasteiger partial charge is 0.269 e. The van der Waals surface area contributed by atoms with Crippen molar-refractivity contribution >= 4 is 39.5 Å². The Labute approximate surface area is 112 Å². The van der Waals surface area contributed by atoms with Crippen molar-refractivity contribution in [2.24, 2.45) is 0 Å². The quantitative estimate of drug-likeness (QED) is 0.630. The van der Waals surface area contributed by atoms with E-state index in [1.807, 2.05) is 0 Å². The highest BCUT2D eigenvalue weighted by Crippen LogP contribution is 2.38. The number of urea groups is 1. The van der Waals surface area contributed by atoms with Gasteiger partial charge in [-0.05, 0) is 18.2 Å². The van der Waals surface area contributed by atoms with Crippen LogP contribution in [0.4, 0.5) is 23.7 Å². The highest BCUT2D eigenvalue weighted by molar-refractivity contribution is 9.10. The van der Waals surface area contributed by atoms with Crippen LogP contribution in [0, 0.1) is 0 Å². The maximum atomic E-state index is 12.9. The molecule has 1 saturated heterocycles. The van der Waals surface area contributed by atoms with Gasteiger partial charge in [-0.3, -0.25) is 14.9 Å². The molecule has 0 atom stereocenters. The first kappa shape index (κ1) is 13.5. The van der Waals surface area contributed by atoms with E-state index >= 15 is 0 Å². The maximum Gasteiger partial charge on any atom is 0.418 e. The molecule has 1 aromatic rings. The van der Waals surface area contributed by atoms with Crippen molar-refractivity contribution in [2.45, 2.75) is 6.18 Å². The second-order valence-electron chi connectivity index (χ2n) is 3.56. The molecule has 9 heteroatoms. The molecule has 0 aromatic heterocycles. The molecule has 0 spiro atoms. The third kappa shape index (κ3) is 2.33. The normalized spacial score (nSPS) is 16.0. The molecule has 0 bridgehead atoms. The molecule has 1 heterocycles. The van der Waals surface area contributed by atoms with Crippen molar-refractivity contribution in [3.05, 3.63) is 28.2 Å². The summed E-state index contributed by atoms with van der Waals surface area (Å²) < 4.78 is 38.7. The number of nitrogens with one attached hydrogen (secondary N) is 1. The highest BCUT2D eigenvalue weighted by Gasteiger charge is 2.43. The number of imide groups is 2. The van der Waals surface area contributed by atoms with Gasteiger partial charge in [0.1, 0.15) is 0 Å². The zero-order chi connectivity index (χ0) is 14.4. The van der Waals surface area contributed by atoms with Gasteiger partial charge in [-0.15, -0.1) is 0 Å². The Kier molecular flexibility index (Phi) is 3.09. The first-order valence-electron chi connectivity index (χ1n) is 4.78. The van der Waals surface area contributed by atoms with Crippen molar-refractivity contribution in [2.75, 3.05) is 4.90 Å². The second kappa shape index (κ2) is 4.34. The largest absolute Gasteiger partial charge is 0.418 e. The lowest BCUT2D eigenvalue weighted by Gasteiger charge is -2.18. The van der Waals surface area contributed by atoms with Crippen LogP contribution >= 0.6 is 15.9 Å². The summed E-state index contributed by atoms with van der Waals surface area (Å²) in [6.45, 7) is 0. The van der Waals surface area contributed by atoms with Crippen LogP contribution in [-0.4, -0.2) is 17.8 Å². The maximum absolute atomic E-state index is 12.9. The number of rotatable bonds is 1. The molecule has 0 saturated carbocycles. The van der Waals surface area contributed by atoms with Gasteiger partial charge >= 0.3 is 24.0 Å². The van der Waals surface area contributed by atoms with Gasteiger partial charge in [0.05, 0.1) is 11.3 Å². The predicted octanol–water partition coefficient (Wildman–Crippen LogP) is 2.05. The van der Waals surface area contributed by atoms with Crippen LogP contribution in [0.25, 0.3) is 0 Å². The van der Waals surface area contributed by atoms with Crippen molar-refractivity contribution in [1.82, 2.24) is 5.32 Å². The molecule has 1 aliphatic heterocycles. The van der Waals surface area contributed by atoms with E-state index in [0.717, 1.165) is 12.1 Å². The minimum Gasteiger partial charge on any atom is -0.269 e. The van der Waals surface area contributed by atoms with Crippen LogP contribution in [0.15, 0.2) is 22.7 Å². The molecular weight excluding hydrogens is 333 g/mol. The lowest BCUT2D eigenvalue weighted by Crippen LogP contribution is -2.32. The lowest BCUT2D eigenvalue weighted by molar-refractivity contribution is -0.138. The van der Waals surface area contributed by atoms with Gasteiger partial charge in [-0.1, -0.05) is 15.9 Å². The number of amides is 4. The zero-order valence-corrected chi connectivity index (χ0v) is 10.5. The fourth-order valence-corrected chi connectivity index (χ4v) is 1.91. The lowest BCUT2D eigenvalue weighted by atomic mass is 10.1. The third-order valence-corrected chi connectivity index (χ3v) is 2.82. The van der Waals surface area contributed by atoms with Crippen LogP contribution in [0.5, 0.6) is 0 Å². The molecule has 100 valence electrons. The van der Waals surface area contributed by atoms with E-state index in [1.165, 1.54) is 6.07 Å². The molecule has 1 fully saturated rings. The van der Waals surface area contributed by atoms with Crippen molar-refractivity contribution in [1.29, 1.82) is 0 Å². The minimum absolute atomic E-state index is 0.127. The Morgan fingerprint density at radius 3 is 2.26 bits per heavy atom. The first-order chi connectivity index (χ1) is 8.71. The summed E-state index contributed by atoms with van der Waals surface area (Å²) in [5.41, 5.74) is -1.89. The molecule has 1 aromatic carbocycles. The van der Waals surface area contributed by atoms with E-state index in [-0.39, 0.29) is 9.37 Å². The van der Waals surface area contributed by atoms with Gasteiger partial charge < -0.3 is 0 Å². The molecule has 19 heavy (non-hydrogen) atoms. The SMILES string of the molecule is O=C1NC(=O)N(c2ccc(Br)cc2C(F)(F)F)C1=O. The molecule has 4 amide bonds. The highest BCUT2D eigenvalue weighted by atomic mass is 79.9. The van der Waals surface area contributed by atoms with E-state index in [2.05, 4.69) is 15.9 Å². The van der Waals surface area contributed by atoms with Crippen molar-refractivity contribution in [3.8, 4) is 0 Å².